The summed E-state index contributed by atoms with van der Waals surface area (Å²) >= 11 is 0. The van der Waals surface area contributed by atoms with Crippen molar-refractivity contribution in [3.05, 3.63) is 12.7 Å². The van der Waals surface area contributed by atoms with Crippen LogP contribution in [0.2, 0.25) is 0 Å². The maximum atomic E-state index is 10.3. The molecule has 164 valence electrons. The molecule has 0 spiro atoms. The van der Waals surface area contributed by atoms with Crippen LogP contribution >= 0.6 is 0 Å². The van der Waals surface area contributed by atoms with Gasteiger partial charge in [-0.1, -0.05) is 27.7 Å². The summed E-state index contributed by atoms with van der Waals surface area (Å²) in [6.45, 7) is 10.1. The van der Waals surface area contributed by atoms with Crippen molar-refractivity contribution in [1.29, 1.82) is 0 Å². The first-order chi connectivity index (χ1) is 13.7. The Labute approximate surface area is 172 Å². The summed E-state index contributed by atoms with van der Waals surface area (Å²) in [7, 11) is 0. The van der Waals surface area contributed by atoms with Gasteiger partial charge in [0.25, 0.3) is 0 Å². The van der Waals surface area contributed by atoms with Crippen LogP contribution in [0.5, 0.6) is 0 Å². The summed E-state index contributed by atoms with van der Waals surface area (Å²) in [5.74, 6) is 0. The Balaban J connectivity index is 1.58. The summed E-state index contributed by atoms with van der Waals surface area (Å²) in [4.78, 5) is 0. The predicted octanol–water partition coefficient (Wildman–Crippen LogP) is 1.86. The molecule has 29 heavy (non-hydrogen) atoms. The average Bonchev–Trinajstić information content (AvgIpc) is 3.32. The third-order valence-electron chi connectivity index (χ3n) is 5.35. The smallest absolute Gasteiger partial charge is 0.138 e. The van der Waals surface area contributed by atoms with Gasteiger partial charge in [-0.3, -0.25) is 0 Å². The van der Waals surface area contributed by atoms with Crippen molar-refractivity contribution in [1.82, 2.24) is 40.4 Å². The van der Waals surface area contributed by atoms with Gasteiger partial charge >= 0.3 is 0 Å². The first-order valence-corrected chi connectivity index (χ1v) is 10.4. The minimum Gasteiger partial charge on any atom is -0.393 e. The second-order valence-electron chi connectivity index (χ2n) is 9.66. The van der Waals surface area contributed by atoms with Gasteiger partial charge in [0, 0.05) is 13.1 Å². The van der Waals surface area contributed by atoms with E-state index in [4.69, 9.17) is 0 Å². The largest absolute Gasteiger partial charge is 0.393 e. The van der Waals surface area contributed by atoms with Gasteiger partial charge < -0.3 is 10.2 Å². The normalized spacial score (nSPS) is 14.8. The Hall–Kier alpha value is -1.94. The molecule has 10 nitrogen and oxygen atoms in total. The van der Waals surface area contributed by atoms with Crippen molar-refractivity contribution in [2.24, 2.45) is 10.8 Å². The van der Waals surface area contributed by atoms with Crippen molar-refractivity contribution in [3.8, 4) is 0 Å². The third kappa shape index (κ3) is 9.40. The maximum Gasteiger partial charge on any atom is 0.138 e. The zero-order valence-electron chi connectivity index (χ0n) is 18.1. The van der Waals surface area contributed by atoms with Crippen molar-refractivity contribution < 1.29 is 10.2 Å². The Morgan fingerprint density at radius 3 is 1.48 bits per heavy atom. The minimum atomic E-state index is -0.341. The average molecular weight is 409 g/mol. The summed E-state index contributed by atoms with van der Waals surface area (Å²) in [5, 5.41) is 43.0. The first-order valence-electron chi connectivity index (χ1n) is 10.4. The predicted molar refractivity (Wildman–Crippen MR) is 108 cm³/mol. The van der Waals surface area contributed by atoms with Gasteiger partial charge in [-0.05, 0) is 76.6 Å². The number of aromatic nitrogens is 8. The van der Waals surface area contributed by atoms with E-state index < -0.39 is 0 Å². The van der Waals surface area contributed by atoms with Gasteiger partial charge in [0.15, 0.2) is 0 Å². The molecule has 2 aromatic rings. The molecule has 0 saturated carbocycles. The van der Waals surface area contributed by atoms with E-state index in [1.54, 1.807) is 22.0 Å². The summed E-state index contributed by atoms with van der Waals surface area (Å²) in [5.41, 5.74) is 0.0299. The Kier molecular flexibility index (Phi) is 8.63. The number of nitrogens with zero attached hydrogens (tertiary/aromatic N) is 8. The van der Waals surface area contributed by atoms with E-state index in [-0.39, 0.29) is 23.0 Å². The van der Waals surface area contributed by atoms with Crippen molar-refractivity contribution in [2.45, 2.75) is 97.9 Å². The SMILES string of the molecule is CC(C)(CCC(O)CCCC(O)CCC(C)(C)Cn1cnnn1)Cn1cnnn1. The highest BCUT2D eigenvalue weighted by Gasteiger charge is 2.22. The lowest BCUT2D eigenvalue weighted by Crippen LogP contribution is -2.23. The molecule has 0 aromatic carbocycles. The summed E-state index contributed by atoms with van der Waals surface area (Å²) < 4.78 is 3.45. The van der Waals surface area contributed by atoms with Crippen LogP contribution in [-0.4, -0.2) is 62.8 Å². The molecule has 2 rings (SSSR count). The highest BCUT2D eigenvalue weighted by atomic mass is 16.3. The van der Waals surface area contributed by atoms with Crippen LogP contribution in [0.1, 0.15) is 72.6 Å². The molecule has 0 aliphatic rings. The van der Waals surface area contributed by atoms with Crippen LogP contribution in [-0.2, 0) is 13.1 Å². The van der Waals surface area contributed by atoms with Crippen molar-refractivity contribution >= 4 is 0 Å². The van der Waals surface area contributed by atoms with Crippen LogP contribution in [0, 0.1) is 10.8 Å². The molecule has 0 fully saturated rings. The van der Waals surface area contributed by atoms with Gasteiger partial charge in [0.2, 0.25) is 0 Å². The van der Waals surface area contributed by atoms with Crippen LogP contribution in [0.4, 0.5) is 0 Å². The highest BCUT2D eigenvalue weighted by molar-refractivity contribution is 4.73. The first kappa shape index (κ1) is 23.3. The fourth-order valence-electron chi connectivity index (χ4n) is 3.53. The summed E-state index contributed by atoms with van der Waals surface area (Å²) in [6.07, 6.45) is 8.06. The van der Waals surface area contributed by atoms with Gasteiger partial charge in [-0.15, -0.1) is 10.2 Å². The Bertz CT molecular complexity index is 614. The molecule has 2 N–H and O–H groups in total. The van der Waals surface area contributed by atoms with Crippen molar-refractivity contribution in [2.75, 3.05) is 0 Å². The van der Waals surface area contributed by atoms with Crippen molar-refractivity contribution in [3.63, 3.8) is 0 Å². The topological polar surface area (TPSA) is 128 Å². The van der Waals surface area contributed by atoms with Crippen LogP contribution in [0.25, 0.3) is 0 Å². The van der Waals surface area contributed by atoms with Crippen LogP contribution < -0.4 is 0 Å². The molecular formula is C19H36N8O2. The molecule has 0 radical (unpaired) electrons. The van der Waals surface area contributed by atoms with Crippen LogP contribution in [0.15, 0.2) is 12.7 Å². The molecule has 2 atom stereocenters. The molecule has 0 saturated heterocycles. The molecule has 2 aromatic heterocycles. The maximum absolute atomic E-state index is 10.3. The quantitative estimate of drug-likeness (QED) is 0.485. The zero-order chi connectivity index (χ0) is 21.3. The van der Waals surface area contributed by atoms with E-state index in [1.807, 2.05) is 0 Å². The van der Waals surface area contributed by atoms with E-state index in [1.165, 1.54) is 0 Å². The highest BCUT2D eigenvalue weighted by Crippen LogP contribution is 2.27. The van der Waals surface area contributed by atoms with E-state index in [9.17, 15) is 10.2 Å². The number of tetrazole rings is 2. The molecule has 10 heteroatoms. The van der Waals surface area contributed by atoms with Gasteiger partial charge in [0.05, 0.1) is 12.2 Å². The van der Waals surface area contributed by atoms with Gasteiger partial charge in [-0.2, -0.15) is 0 Å². The lowest BCUT2D eigenvalue weighted by molar-refractivity contribution is 0.102. The van der Waals surface area contributed by atoms with Gasteiger partial charge in [0.1, 0.15) is 12.7 Å². The number of hydrogen-bond donors (Lipinski definition) is 2. The molecule has 0 aliphatic carbocycles. The summed E-state index contributed by atoms with van der Waals surface area (Å²) in [6, 6.07) is 0. The number of rotatable bonds is 14. The number of hydrogen-bond acceptors (Lipinski definition) is 8. The van der Waals surface area contributed by atoms with Gasteiger partial charge in [-0.25, -0.2) is 9.36 Å². The fourth-order valence-corrected chi connectivity index (χ4v) is 3.53. The lowest BCUT2D eigenvalue weighted by Gasteiger charge is -2.26. The molecule has 2 heterocycles. The number of aliphatic hydroxyl groups is 2. The third-order valence-corrected chi connectivity index (χ3v) is 5.35. The monoisotopic (exact) mass is 408 g/mol. The molecule has 2 unspecified atom stereocenters. The Morgan fingerprint density at radius 2 is 1.14 bits per heavy atom. The molecule has 0 amide bonds. The standard InChI is InChI=1S/C19H36N8O2/c1-18(2,12-26-14-20-22-24-26)10-8-16(28)6-5-7-17(29)9-11-19(3,4)13-27-15-21-23-25-27/h14-17,28-29H,5-13H2,1-4H3. The minimum absolute atomic E-state index is 0.0150. The van der Waals surface area contributed by atoms with E-state index in [2.05, 4.69) is 58.7 Å². The molecular weight excluding hydrogens is 372 g/mol. The second kappa shape index (κ2) is 10.7. The lowest BCUT2D eigenvalue weighted by atomic mass is 9.85. The number of aliphatic hydroxyl groups excluding tert-OH is 2. The van der Waals surface area contributed by atoms with Crippen LogP contribution in [0.3, 0.4) is 0 Å². The second-order valence-corrected chi connectivity index (χ2v) is 9.66. The van der Waals surface area contributed by atoms with E-state index in [0.29, 0.717) is 12.8 Å². The zero-order valence-corrected chi connectivity index (χ0v) is 18.1. The molecule has 0 aliphatic heterocycles. The molecule has 0 bridgehead atoms. The van der Waals surface area contributed by atoms with E-state index >= 15 is 0 Å². The fraction of sp³-hybridized carbons (Fsp3) is 0.895. The van der Waals surface area contributed by atoms with E-state index in [0.717, 1.165) is 45.2 Å². The Morgan fingerprint density at radius 1 is 0.724 bits per heavy atom.